The lowest BCUT2D eigenvalue weighted by atomic mass is 9.70. The molecule has 12 heteroatoms. The van der Waals surface area contributed by atoms with Gasteiger partial charge in [0.2, 0.25) is 0 Å². The van der Waals surface area contributed by atoms with E-state index in [1.165, 1.54) is 25.7 Å². The summed E-state index contributed by atoms with van der Waals surface area (Å²) < 4.78 is 3.08. The minimum absolute atomic E-state index is 0.0462. The van der Waals surface area contributed by atoms with Gasteiger partial charge >= 0.3 is 11.7 Å². The molecule has 0 saturated heterocycles. The zero-order valence-electron chi connectivity index (χ0n) is 14.8. The molecule has 0 radical (unpaired) electrons. The molecule has 27 heavy (non-hydrogen) atoms. The molecule has 0 aliphatic heterocycles. The molecule has 1 aliphatic carbocycles. The van der Waals surface area contributed by atoms with E-state index in [0.29, 0.717) is 0 Å². The normalized spacial score (nSPS) is 31.4. The largest absolute Gasteiger partial charge is 0.479 e. The predicted octanol–water partition coefficient (Wildman–Crippen LogP) is -3.64. The van der Waals surface area contributed by atoms with Crippen molar-refractivity contribution in [3.8, 4) is 0 Å². The minimum atomic E-state index is -2.66. The molecule has 1 fully saturated rings. The number of carboxylic acids is 1. The van der Waals surface area contributed by atoms with Crippen LogP contribution in [0.3, 0.4) is 0 Å². The van der Waals surface area contributed by atoms with Gasteiger partial charge in [0, 0.05) is 27.6 Å². The van der Waals surface area contributed by atoms with Crippen LogP contribution in [0.15, 0.2) is 9.59 Å². The van der Waals surface area contributed by atoms with Crippen LogP contribution < -0.4 is 11.2 Å². The number of aliphatic hydroxyl groups is 4. The van der Waals surface area contributed by atoms with Crippen LogP contribution in [0.1, 0.15) is 18.2 Å². The summed E-state index contributed by atoms with van der Waals surface area (Å²) in [6.45, 7) is 0. The molecule has 5 N–H and O–H groups in total. The summed E-state index contributed by atoms with van der Waals surface area (Å²) in [6, 6.07) is 0. The van der Waals surface area contributed by atoms with Crippen molar-refractivity contribution in [1.29, 1.82) is 0 Å². The maximum atomic E-state index is 12.5. The fourth-order valence-electron chi connectivity index (χ4n) is 3.67. The summed E-state index contributed by atoms with van der Waals surface area (Å²) in [7, 11) is 3.99. The molecule has 5 atom stereocenters. The molecule has 1 saturated carbocycles. The number of hydrogen-bond acceptors (Lipinski definition) is 8. The minimum Gasteiger partial charge on any atom is -0.479 e. The maximum absolute atomic E-state index is 12.5. The van der Waals surface area contributed by atoms with Crippen molar-refractivity contribution in [3.05, 3.63) is 26.7 Å². The SMILES string of the molecule is Cn1c(=O)c2c(nc(C3[C@@H](O)C(O)[C@H](O)CC3(O)C(=O)O)n2C)n(C)c1=O. The number of nitrogens with zero attached hydrogens (tertiary/aromatic N) is 4. The average Bonchev–Trinajstić information content (AvgIpc) is 2.93. The van der Waals surface area contributed by atoms with E-state index in [0.717, 1.165) is 9.13 Å². The number of rotatable bonds is 2. The number of aliphatic hydroxyl groups excluding tert-OH is 3. The summed E-state index contributed by atoms with van der Waals surface area (Å²) in [5.74, 6) is -3.61. The first-order chi connectivity index (χ1) is 12.4. The van der Waals surface area contributed by atoms with Crippen molar-refractivity contribution >= 4 is 17.1 Å². The zero-order valence-corrected chi connectivity index (χ0v) is 14.8. The number of fused-ring (bicyclic) bond motifs is 1. The maximum Gasteiger partial charge on any atom is 0.336 e. The predicted molar refractivity (Wildman–Crippen MR) is 89.2 cm³/mol. The van der Waals surface area contributed by atoms with Gasteiger partial charge in [-0.15, -0.1) is 0 Å². The number of aryl methyl sites for hydroxylation is 2. The Hall–Kier alpha value is -2.54. The van der Waals surface area contributed by atoms with Gasteiger partial charge in [0.25, 0.3) is 5.56 Å². The molecular formula is C15H20N4O8. The topological polar surface area (TPSA) is 180 Å². The van der Waals surface area contributed by atoms with Gasteiger partial charge in [-0.05, 0) is 0 Å². The number of carbonyl (C=O) groups is 1. The van der Waals surface area contributed by atoms with E-state index in [2.05, 4.69) is 4.98 Å². The van der Waals surface area contributed by atoms with Crippen LogP contribution in [-0.4, -0.2) is 74.1 Å². The first-order valence-electron chi connectivity index (χ1n) is 8.05. The Kier molecular flexibility index (Phi) is 4.26. The smallest absolute Gasteiger partial charge is 0.336 e. The van der Waals surface area contributed by atoms with Gasteiger partial charge < -0.3 is 30.1 Å². The van der Waals surface area contributed by atoms with Gasteiger partial charge in [-0.25, -0.2) is 14.6 Å². The van der Waals surface area contributed by atoms with E-state index in [9.17, 15) is 39.9 Å². The number of aromatic nitrogens is 4. The van der Waals surface area contributed by atoms with Crippen molar-refractivity contribution in [2.24, 2.45) is 21.1 Å². The van der Waals surface area contributed by atoms with Crippen molar-refractivity contribution in [3.63, 3.8) is 0 Å². The third-order valence-electron chi connectivity index (χ3n) is 5.28. The average molecular weight is 384 g/mol. The third-order valence-corrected chi connectivity index (χ3v) is 5.28. The molecule has 0 spiro atoms. The molecule has 3 unspecified atom stereocenters. The molecule has 1 aliphatic rings. The van der Waals surface area contributed by atoms with E-state index < -0.39 is 53.5 Å². The Bertz CT molecular complexity index is 1050. The summed E-state index contributed by atoms with van der Waals surface area (Å²) >= 11 is 0. The van der Waals surface area contributed by atoms with Crippen molar-refractivity contribution in [1.82, 2.24) is 18.7 Å². The Morgan fingerprint density at radius 2 is 1.67 bits per heavy atom. The molecule has 2 aromatic rings. The van der Waals surface area contributed by atoms with Crippen LogP contribution in [0.4, 0.5) is 0 Å². The van der Waals surface area contributed by atoms with Gasteiger partial charge in [0.05, 0.1) is 18.1 Å². The van der Waals surface area contributed by atoms with Gasteiger partial charge in [-0.1, -0.05) is 0 Å². The number of hydrogen-bond donors (Lipinski definition) is 5. The monoisotopic (exact) mass is 384 g/mol. The standard InChI is InChI=1S/C15H20N4O8/c1-17-7-11(18(2)14(26)19(3)12(7)23)16-10(17)6-9(22)8(21)5(20)4-15(6,27)13(24)25/h5-6,8-9,20-22,27H,4H2,1-3H3,(H,24,25)/t5-,6?,8?,9-,15?/m1/s1. The van der Waals surface area contributed by atoms with E-state index >= 15 is 0 Å². The van der Waals surface area contributed by atoms with Crippen LogP contribution in [0, 0.1) is 0 Å². The fourth-order valence-corrected chi connectivity index (χ4v) is 3.67. The first kappa shape index (κ1) is 19.2. The van der Waals surface area contributed by atoms with Crippen LogP contribution in [0.5, 0.6) is 0 Å². The van der Waals surface area contributed by atoms with Crippen LogP contribution >= 0.6 is 0 Å². The fraction of sp³-hybridized carbons (Fsp3) is 0.600. The molecule has 2 heterocycles. The lowest BCUT2D eigenvalue weighted by Crippen LogP contribution is -2.61. The Morgan fingerprint density at radius 3 is 2.22 bits per heavy atom. The Labute approximate surface area is 151 Å². The number of imidazole rings is 1. The van der Waals surface area contributed by atoms with Gasteiger partial charge in [0.15, 0.2) is 16.8 Å². The molecule has 12 nitrogen and oxygen atoms in total. The number of carboxylic acid groups (broad SMARTS) is 1. The van der Waals surface area contributed by atoms with E-state index in [1.807, 2.05) is 0 Å². The molecule has 2 aromatic heterocycles. The second-order valence-electron chi connectivity index (χ2n) is 6.87. The number of aliphatic carboxylic acids is 1. The van der Waals surface area contributed by atoms with E-state index in [1.54, 1.807) is 0 Å². The van der Waals surface area contributed by atoms with E-state index in [4.69, 9.17) is 0 Å². The third kappa shape index (κ3) is 2.45. The summed E-state index contributed by atoms with van der Waals surface area (Å²) in [5, 5.41) is 50.4. The van der Waals surface area contributed by atoms with E-state index in [-0.39, 0.29) is 17.0 Å². The molecule has 0 bridgehead atoms. The summed E-state index contributed by atoms with van der Waals surface area (Å²) in [4.78, 5) is 40.4. The van der Waals surface area contributed by atoms with Crippen molar-refractivity contribution < 1.29 is 30.3 Å². The van der Waals surface area contributed by atoms with Gasteiger partial charge in [-0.3, -0.25) is 13.9 Å². The lowest BCUT2D eigenvalue weighted by molar-refractivity contribution is -0.196. The van der Waals surface area contributed by atoms with Crippen molar-refractivity contribution in [2.45, 2.75) is 36.3 Å². The van der Waals surface area contributed by atoms with Crippen LogP contribution in [-0.2, 0) is 25.9 Å². The molecular weight excluding hydrogens is 364 g/mol. The van der Waals surface area contributed by atoms with Crippen LogP contribution in [0.25, 0.3) is 11.2 Å². The molecule has 0 aromatic carbocycles. The molecule has 0 amide bonds. The Balaban J connectivity index is 2.36. The summed E-state index contributed by atoms with van der Waals surface area (Å²) in [5.41, 5.74) is -4.13. The highest BCUT2D eigenvalue weighted by Crippen LogP contribution is 2.41. The lowest BCUT2D eigenvalue weighted by Gasteiger charge is -2.43. The van der Waals surface area contributed by atoms with Gasteiger partial charge in [-0.2, -0.15) is 0 Å². The van der Waals surface area contributed by atoms with Gasteiger partial charge in [0.1, 0.15) is 11.9 Å². The first-order valence-corrected chi connectivity index (χ1v) is 8.05. The highest BCUT2D eigenvalue weighted by Gasteiger charge is 2.58. The highest BCUT2D eigenvalue weighted by atomic mass is 16.4. The van der Waals surface area contributed by atoms with Crippen LogP contribution in [0.2, 0.25) is 0 Å². The second kappa shape index (κ2) is 5.99. The van der Waals surface area contributed by atoms with Crippen molar-refractivity contribution in [2.75, 3.05) is 0 Å². The molecule has 3 rings (SSSR count). The zero-order chi connectivity index (χ0) is 20.4. The quantitative estimate of drug-likeness (QED) is 0.349. The second-order valence-corrected chi connectivity index (χ2v) is 6.87. The molecule has 148 valence electrons. The summed E-state index contributed by atoms with van der Waals surface area (Å²) in [6.07, 6.45) is -6.05. The highest BCUT2D eigenvalue weighted by molar-refractivity contribution is 5.80. The Morgan fingerprint density at radius 1 is 1.07 bits per heavy atom.